The summed E-state index contributed by atoms with van der Waals surface area (Å²) < 4.78 is 0. The predicted octanol–water partition coefficient (Wildman–Crippen LogP) is 2.17. The normalized spacial score (nSPS) is 20.1. The number of hydrogen-bond acceptors (Lipinski definition) is 3. The van der Waals surface area contributed by atoms with Crippen molar-refractivity contribution < 1.29 is 9.90 Å². The second-order valence-corrected chi connectivity index (χ2v) is 6.20. The third-order valence-corrected chi connectivity index (χ3v) is 3.86. The minimum absolute atomic E-state index is 0.0231. The van der Waals surface area contributed by atoms with E-state index in [9.17, 15) is 9.90 Å². The first-order valence-electron chi connectivity index (χ1n) is 7.19. The van der Waals surface area contributed by atoms with Crippen molar-refractivity contribution in [2.45, 2.75) is 45.3 Å². The van der Waals surface area contributed by atoms with Crippen LogP contribution in [-0.4, -0.2) is 40.6 Å². The van der Waals surface area contributed by atoms with E-state index in [0.717, 1.165) is 25.1 Å². The summed E-state index contributed by atoms with van der Waals surface area (Å²) in [5.41, 5.74) is 1.23. The van der Waals surface area contributed by atoms with Gasteiger partial charge in [-0.05, 0) is 52.3 Å². The second-order valence-electron chi connectivity index (χ2n) is 6.20. The van der Waals surface area contributed by atoms with Gasteiger partial charge >= 0.3 is 0 Å². The molecule has 110 valence electrons. The van der Waals surface area contributed by atoms with Crippen molar-refractivity contribution >= 4 is 11.6 Å². The number of nitrogens with one attached hydrogen (secondary N) is 1. The van der Waals surface area contributed by atoms with Crippen LogP contribution in [0.25, 0.3) is 0 Å². The maximum Gasteiger partial charge on any atom is 0.238 e. The fourth-order valence-corrected chi connectivity index (χ4v) is 2.84. The lowest BCUT2D eigenvalue weighted by Crippen LogP contribution is -2.48. The van der Waals surface area contributed by atoms with Crippen LogP contribution in [0.4, 0.5) is 5.69 Å². The van der Waals surface area contributed by atoms with Crippen molar-refractivity contribution in [2.24, 2.45) is 0 Å². The van der Waals surface area contributed by atoms with Crippen LogP contribution < -0.4 is 5.32 Å². The second kappa shape index (κ2) is 5.94. The Morgan fingerprint density at radius 1 is 1.40 bits per heavy atom. The van der Waals surface area contributed by atoms with Crippen LogP contribution in [0.5, 0.6) is 0 Å². The van der Waals surface area contributed by atoms with Gasteiger partial charge in [0.15, 0.2) is 0 Å². The molecule has 0 aromatic heterocycles. The summed E-state index contributed by atoms with van der Waals surface area (Å²) in [5.74, 6) is -0.0231. The molecule has 2 N–H and O–H groups in total. The molecule has 4 heteroatoms. The minimum Gasteiger partial charge on any atom is -0.389 e. The average Bonchev–Trinajstić information content (AvgIpc) is 2.80. The van der Waals surface area contributed by atoms with E-state index in [-0.39, 0.29) is 11.9 Å². The lowest BCUT2D eigenvalue weighted by atomic mass is 9.97. The maximum atomic E-state index is 12.1. The molecule has 0 radical (unpaired) electrons. The van der Waals surface area contributed by atoms with Crippen molar-refractivity contribution in [3.05, 3.63) is 29.8 Å². The summed E-state index contributed by atoms with van der Waals surface area (Å²) in [6.07, 6.45) is 1.98. The summed E-state index contributed by atoms with van der Waals surface area (Å²) in [5, 5.41) is 13.1. The maximum absolute atomic E-state index is 12.1. The molecule has 2 rings (SSSR count). The first-order valence-corrected chi connectivity index (χ1v) is 7.19. The van der Waals surface area contributed by atoms with Gasteiger partial charge in [0, 0.05) is 11.7 Å². The molecule has 1 fully saturated rings. The van der Waals surface area contributed by atoms with E-state index in [0.29, 0.717) is 6.54 Å². The highest BCUT2D eigenvalue weighted by atomic mass is 16.3. The van der Waals surface area contributed by atoms with Crippen LogP contribution in [0.2, 0.25) is 0 Å². The zero-order valence-corrected chi connectivity index (χ0v) is 12.5. The van der Waals surface area contributed by atoms with Gasteiger partial charge in [-0.15, -0.1) is 0 Å². The summed E-state index contributed by atoms with van der Waals surface area (Å²) in [4.78, 5) is 14.2. The summed E-state index contributed by atoms with van der Waals surface area (Å²) in [6.45, 7) is 6.85. The van der Waals surface area contributed by atoms with E-state index in [2.05, 4.69) is 10.2 Å². The summed E-state index contributed by atoms with van der Waals surface area (Å²) in [7, 11) is 0. The standard InChI is InChI=1S/C16H24N2O2/c1-12-6-8-13(9-7-12)17-15(19)11-18-10-4-5-14(18)16(2,3)20/h6-9,14,20H,4-5,10-11H2,1-3H3,(H,17,19). The van der Waals surface area contributed by atoms with Gasteiger partial charge in [-0.3, -0.25) is 9.69 Å². The number of rotatable bonds is 4. The molecule has 1 aromatic carbocycles. The topological polar surface area (TPSA) is 52.6 Å². The molecule has 0 spiro atoms. The molecule has 1 amide bonds. The number of hydrogen-bond donors (Lipinski definition) is 2. The molecule has 1 saturated heterocycles. The number of benzene rings is 1. The Hall–Kier alpha value is -1.39. The Kier molecular flexibility index (Phi) is 4.45. The fourth-order valence-electron chi connectivity index (χ4n) is 2.84. The molecule has 1 unspecified atom stereocenters. The lowest BCUT2D eigenvalue weighted by molar-refractivity contribution is -0.118. The van der Waals surface area contributed by atoms with Gasteiger partial charge in [0.05, 0.1) is 12.1 Å². The van der Waals surface area contributed by atoms with Crippen LogP contribution in [0, 0.1) is 6.92 Å². The number of nitrogens with zero attached hydrogens (tertiary/aromatic N) is 1. The van der Waals surface area contributed by atoms with Gasteiger partial charge < -0.3 is 10.4 Å². The van der Waals surface area contributed by atoms with Crippen molar-refractivity contribution in [3.8, 4) is 0 Å². The van der Waals surface area contributed by atoms with Gasteiger partial charge in [-0.2, -0.15) is 0 Å². The molecule has 1 atom stereocenters. The number of aliphatic hydroxyl groups is 1. The first kappa shape index (κ1) is 15.0. The van der Waals surface area contributed by atoms with Gasteiger partial charge in [0.2, 0.25) is 5.91 Å². The van der Waals surface area contributed by atoms with Crippen molar-refractivity contribution in [1.29, 1.82) is 0 Å². The van der Waals surface area contributed by atoms with E-state index < -0.39 is 5.60 Å². The molecule has 0 bridgehead atoms. The van der Waals surface area contributed by atoms with Crippen molar-refractivity contribution in [1.82, 2.24) is 4.90 Å². The number of anilines is 1. The van der Waals surface area contributed by atoms with E-state index in [4.69, 9.17) is 0 Å². The van der Waals surface area contributed by atoms with Gasteiger partial charge in [-0.25, -0.2) is 0 Å². The Morgan fingerprint density at radius 3 is 2.65 bits per heavy atom. The average molecular weight is 276 g/mol. The molecule has 1 aromatic rings. The molecule has 4 nitrogen and oxygen atoms in total. The number of carbonyl (C=O) groups excluding carboxylic acids is 1. The number of aryl methyl sites for hydroxylation is 1. The zero-order valence-electron chi connectivity index (χ0n) is 12.5. The van der Waals surface area contributed by atoms with Crippen LogP contribution in [0.3, 0.4) is 0 Å². The fraction of sp³-hybridized carbons (Fsp3) is 0.562. The third kappa shape index (κ3) is 3.81. The van der Waals surface area contributed by atoms with Gasteiger partial charge in [0.1, 0.15) is 0 Å². The van der Waals surface area contributed by atoms with Crippen LogP contribution in [-0.2, 0) is 4.79 Å². The summed E-state index contributed by atoms with van der Waals surface area (Å²) >= 11 is 0. The smallest absolute Gasteiger partial charge is 0.238 e. The van der Waals surface area contributed by atoms with Crippen LogP contribution >= 0.6 is 0 Å². The molecular weight excluding hydrogens is 252 g/mol. The van der Waals surface area contributed by atoms with Gasteiger partial charge in [0.25, 0.3) is 0 Å². The van der Waals surface area contributed by atoms with Crippen molar-refractivity contribution in [3.63, 3.8) is 0 Å². The Labute approximate surface area is 120 Å². The minimum atomic E-state index is -0.763. The molecule has 0 saturated carbocycles. The molecule has 1 aliphatic heterocycles. The van der Waals surface area contributed by atoms with Gasteiger partial charge in [-0.1, -0.05) is 17.7 Å². The highest BCUT2D eigenvalue weighted by molar-refractivity contribution is 5.92. The lowest BCUT2D eigenvalue weighted by Gasteiger charge is -2.33. The van der Waals surface area contributed by atoms with Crippen molar-refractivity contribution in [2.75, 3.05) is 18.4 Å². The van der Waals surface area contributed by atoms with E-state index in [1.54, 1.807) is 0 Å². The molecular formula is C16H24N2O2. The summed E-state index contributed by atoms with van der Waals surface area (Å²) in [6, 6.07) is 7.83. The quantitative estimate of drug-likeness (QED) is 0.886. The number of carbonyl (C=O) groups is 1. The number of amides is 1. The van der Waals surface area contributed by atoms with E-state index >= 15 is 0 Å². The SMILES string of the molecule is Cc1ccc(NC(=O)CN2CCCC2C(C)(C)O)cc1. The van der Waals surface area contributed by atoms with E-state index in [1.807, 2.05) is 45.0 Å². The highest BCUT2D eigenvalue weighted by Gasteiger charge is 2.36. The highest BCUT2D eigenvalue weighted by Crippen LogP contribution is 2.26. The van der Waals surface area contributed by atoms with E-state index in [1.165, 1.54) is 5.56 Å². The Morgan fingerprint density at radius 2 is 2.05 bits per heavy atom. The van der Waals surface area contributed by atoms with Crippen LogP contribution in [0.1, 0.15) is 32.3 Å². The largest absolute Gasteiger partial charge is 0.389 e. The zero-order chi connectivity index (χ0) is 14.8. The monoisotopic (exact) mass is 276 g/mol. The van der Waals surface area contributed by atoms with Crippen LogP contribution in [0.15, 0.2) is 24.3 Å². The third-order valence-electron chi connectivity index (χ3n) is 3.86. The molecule has 1 heterocycles. The molecule has 0 aliphatic carbocycles. The molecule has 1 aliphatic rings. The first-order chi connectivity index (χ1) is 9.36. The predicted molar refractivity (Wildman–Crippen MR) is 80.7 cm³/mol. The number of likely N-dealkylation sites (tertiary alicyclic amines) is 1. The Balaban J connectivity index is 1.92. The molecule has 20 heavy (non-hydrogen) atoms. The Bertz CT molecular complexity index is 462.